The third-order valence-corrected chi connectivity index (χ3v) is 9.39. The van der Waals surface area contributed by atoms with Crippen LogP contribution in [0.15, 0.2) is 18.2 Å². The quantitative estimate of drug-likeness (QED) is 0.265. The Kier molecular flexibility index (Phi) is 7.74. The normalized spacial score (nSPS) is 31.6. The third kappa shape index (κ3) is 4.81. The molecule has 0 radical (unpaired) electrons. The predicted octanol–water partition coefficient (Wildman–Crippen LogP) is 1.19. The van der Waals surface area contributed by atoms with Crippen LogP contribution >= 0.6 is 0 Å². The first-order chi connectivity index (χ1) is 20.5. The Hall–Kier alpha value is -3.10. The summed E-state index contributed by atoms with van der Waals surface area (Å²) in [5, 5.41) is 56.2. The number of methoxy groups -OCH3 is 1. The van der Waals surface area contributed by atoms with Crippen LogP contribution in [0.3, 0.4) is 0 Å². The summed E-state index contributed by atoms with van der Waals surface area (Å²) >= 11 is 0. The minimum atomic E-state index is -1.80. The maximum Gasteiger partial charge on any atom is 0.202 e. The number of ketones is 2. The van der Waals surface area contributed by atoms with Gasteiger partial charge < -0.3 is 44.5 Å². The lowest BCUT2D eigenvalue weighted by atomic mass is 9.71. The second kappa shape index (κ2) is 11.1. The van der Waals surface area contributed by atoms with Crippen LogP contribution < -0.4 is 4.74 Å². The first-order valence-electron chi connectivity index (χ1n) is 14.5. The van der Waals surface area contributed by atoms with Gasteiger partial charge in [0.2, 0.25) is 5.78 Å². The molecule has 43 heavy (non-hydrogen) atoms. The molecule has 0 aromatic heterocycles. The van der Waals surface area contributed by atoms with E-state index in [1.54, 1.807) is 13.0 Å². The molecule has 0 bridgehead atoms. The fourth-order valence-electron chi connectivity index (χ4n) is 6.95. The van der Waals surface area contributed by atoms with Gasteiger partial charge in [0.1, 0.15) is 17.2 Å². The Labute approximate surface area is 248 Å². The summed E-state index contributed by atoms with van der Waals surface area (Å²) in [4.78, 5) is 29.6. The van der Waals surface area contributed by atoms with E-state index in [1.807, 2.05) is 0 Å². The molecule has 2 aromatic carbocycles. The van der Waals surface area contributed by atoms with Gasteiger partial charge in [-0.05, 0) is 19.9 Å². The number of carbonyl (C=O) groups excluding carboxylic acids is 2. The average Bonchev–Trinajstić information content (AvgIpc) is 2.99. The number of ether oxygens (including phenoxy) is 4. The van der Waals surface area contributed by atoms with Gasteiger partial charge in [-0.1, -0.05) is 12.1 Å². The SMILES string of the molecule is COc1cccc2c1C(=O)c1c(O)c3c(c(O)c1C2=O)C[C@@](O)(C(C)O)CC3OC1CC(N2CCOCC2)C(O)C(C)O1. The zero-order valence-corrected chi connectivity index (χ0v) is 24.3. The molecular formula is C31H37NO11. The van der Waals surface area contributed by atoms with Gasteiger partial charge in [-0.3, -0.25) is 14.5 Å². The van der Waals surface area contributed by atoms with Crippen molar-refractivity contribution in [3.05, 3.63) is 51.6 Å². The molecule has 7 atom stereocenters. The van der Waals surface area contributed by atoms with Crippen molar-refractivity contribution in [3.8, 4) is 17.2 Å². The third-order valence-electron chi connectivity index (χ3n) is 9.39. The number of fused-ring (bicyclic) bond motifs is 3. The molecule has 2 aliphatic heterocycles. The van der Waals surface area contributed by atoms with Crippen LogP contribution in [0.25, 0.3) is 0 Å². The number of carbonyl (C=O) groups is 2. The molecule has 232 valence electrons. The van der Waals surface area contributed by atoms with Crippen molar-refractivity contribution in [1.82, 2.24) is 4.90 Å². The molecule has 2 aromatic rings. The number of hydrogen-bond acceptors (Lipinski definition) is 12. The lowest BCUT2D eigenvalue weighted by Gasteiger charge is -2.46. The molecule has 2 saturated heterocycles. The number of benzene rings is 2. The van der Waals surface area contributed by atoms with Crippen molar-refractivity contribution in [3.63, 3.8) is 0 Å². The van der Waals surface area contributed by atoms with Gasteiger partial charge in [0.25, 0.3) is 0 Å². The van der Waals surface area contributed by atoms with Gasteiger partial charge in [0.05, 0.1) is 67.0 Å². The highest BCUT2D eigenvalue weighted by molar-refractivity contribution is 6.31. The summed E-state index contributed by atoms with van der Waals surface area (Å²) in [5.74, 6) is -2.36. The Morgan fingerprint density at radius 1 is 1.07 bits per heavy atom. The lowest BCUT2D eigenvalue weighted by Crippen LogP contribution is -2.58. The van der Waals surface area contributed by atoms with Crippen LogP contribution in [0.5, 0.6) is 17.2 Å². The summed E-state index contributed by atoms with van der Waals surface area (Å²) in [5.41, 5.74) is -2.55. The molecule has 4 aliphatic rings. The summed E-state index contributed by atoms with van der Waals surface area (Å²) in [6, 6.07) is 4.20. The second-order valence-corrected chi connectivity index (χ2v) is 11.9. The second-order valence-electron chi connectivity index (χ2n) is 11.9. The van der Waals surface area contributed by atoms with Crippen molar-refractivity contribution >= 4 is 11.6 Å². The van der Waals surface area contributed by atoms with Crippen LogP contribution in [0.2, 0.25) is 0 Å². The summed E-state index contributed by atoms with van der Waals surface area (Å²) in [6.45, 7) is 5.43. The Morgan fingerprint density at radius 2 is 1.77 bits per heavy atom. The number of phenols is 2. The molecule has 5 N–H and O–H groups in total. The number of phenolic OH excluding ortho intramolecular Hbond substituents is 2. The van der Waals surface area contributed by atoms with E-state index >= 15 is 0 Å². The standard InChI is InChI=1S/C31H37NO11/c1-14-26(34)18(32-7-9-41-10-8-32)11-21(42-14)43-20-13-31(39,15(2)33)12-17-23(20)30(38)25-24(28(17)36)27(35)16-5-4-6-19(40-3)22(16)29(25)37/h4-6,14-15,18,20-21,26,33-34,36,38-39H,7-13H2,1-3H3/t14?,15?,18?,20?,21?,26?,31-/m0/s1. The molecule has 12 nitrogen and oxygen atoms in total. The van der Waals surface area contributed by atoms with E-state index in [2.05, 4.69) is 4.90 Å². The molecule has 2 heterocycles. The van der Waals surface area contributed by atoms with Gasteiger partial charge in [-0.25, -0.2) is 0 Å². The van der Waals surface area contributed by atoms with Gasteiger partial charge in [0, 0.05) is 55.1 Å². The molecule has 0 saturated carbocycles. The summed E-state index contributed by atoms with van der Waals surface area (Å²) in [6.07, 6.45) is -5.01. The van der Waals surface area contributed by atoms with Crippen molar-refractivity contribution in [1.29, 1.82) is 0 Å². The van der Waals surface area contributed by atoms with Gasteiger partial charge in [-0.15, -0.1) is 0 Å². The number of aliphatic hydroxyl groups is 3. The van der Waals surface area contributed by atoms with Crippen molar-refractivity contribution in [2.24, 2.45) is 0 Å². The van der Waals surface area contributed by atoms with E-state index in [0.717, 1.165) is 0 Å². The number of aliphatic hydroxyl groups excluding tert-OH is 2. The van der Waals surface area contributed by atoms with E-state index in [0.29, 0.717) is 26.3 Å². The monoisotopic (exact) mass is 599 g/mol. The maximum absolute atomic E-state index is 13.8. The van der Waals surface area contributed by atoms with Crippen LogP contribution in [-0.2, 0) is 20.6 Å². The highest BCUT2D eigenvalue weighted by Gasteiger charge is 2.49. The number of rotatable bonds is 5. The van der Waals surface area contributed by atoms with Crippen LogP contribution in [0, 0.1) is 0 Å². The van der Waals surface area contributed by atoms with E-state index in [-0.39, 0.29) is 64.4 Å². The Bertz CT molecular complexity index is 1450. The average molecular weight is 600 g/mol. The molecule has 12 heteroatoms. The van der Waals surface area contributed by atoms with E-state index in [1.165, 1.54) is 26.2 Å². The number of hydrogen-bond donors (Lipinski definition) is 5. The molecule has 2 fully saturated rings. The van der Waals surface area contributed by atoms with Crippen molar-refractivity contribution in [2.75, 3.05) is 33.4 Å². The number of nitrogens with zero attached hydrogens (tertiary/aromatic N) is 1. The minimum absolute atomic E-state index is 0.00276. The van der Waals surface area contributed by atoms with E-state index in [4.69, 9.17) is 18.9 Å². The number of aromatic hydroxyl groups is 2. The van der Waals surface area contributed by atoms with Crippen LogP contribution in [0.4, 0.5) is 0 Å². The molecule has 6 unspecified atom stereocenters. The molecule has 2 aliphatic carbocycles. The van der Waals surface area contributed by atoms with E-state index < -0.39 is 59.4 Å². The zero-order chi connectivity index (χ0) is 30.8. The zero-order valence-electron chi connectivity index (χ0n) is 24.3. The van der Waals surface area contributed by atoms with Crippen molar-refractivity contribution < 1.29 is 54.1 Å². The topological polar surface area (TPSA) is 175 Å². The fraction of sp³-hybridized carbons (Fsp3) is 0.548. The minimum Gasteiger partial charge on any atom is -0.507 e. The largest absolute Gasteiger partial charge is 0.507 e. The van der Waals surface area contributed by atoms with Crippen LogP contribution in [-0.4, -0.2) is 112 Å². The summed E-state index contributed by atoms with van der Waals surface area (Å²) in [7, 11) is 1.36. The first-order valence-corrected chi connectivity index (χ1v) is 14.5. The fourth-order valence-corrected chi connectivity index (χ4v) is 6.95. The highest BCUT2D eigenvalue weighted by Crippen LogP contribution is 2.53. The molecule has 0 amide bonds. The van der Waals surface area contributed by atoms with Gasteiger partial charge in [0.15, 0.2) is 12.1 Å². The Morgan fingerprint density at radius 3 is 2.44 bits per heavy atom. The number of morpholine rings is 1. The van der Waals surface area contributed by atoms with E-state index in [9.17, 15) is 35.1 Å². The molecule has 6 rings (SSSR count). The molecule has 0 spiro atoms. The van der Waals surface area contributed by atoms with Gasteiger partial charge >= 0.3 is 0 Å². The van der Waals surface area contributed by atoms with Crippen molar-refractivity contribution in [2.45, 2.75) is 75.5 Å². The highest BCUT2D eigenvalue weighted by atomic mass is 16.7. The molecular weight excluding hydrogens is 562 g/mol. The lowest BCUT2D eigenvalue weighted by molar-refractivity contribution is -0.263. The first kappa shape index (κ1) is 29.9. The van der Waals surface area contributed by atoms with Gasteiger partial charge in [-0.2, -0.15) is 0 Å². The smallest absolute Gasteiger partial charge is 0.202 e. The van der Waals surface area contributed by atoms with Crippen LogP contribution in [0.1, 0.15) is 75.8 Å². The predicted molar refractivity (Wildman–Crippen MR) is 150 cm³/mol. The summed E-state index contributed by atoms with van der Waals surface area (Å²) < 4.78 is 23.2. The Balaban J connectivity index is 1.44. The maximum atomic E-state index is 13.8.